The molecule has 3 heteroatoms. The summed E-state index contributed by atoms with van der Waals surface area (Å²) in [6.07, 6.45) is 2.79. The van der Waals surface area contributed by atoms with E-state index >= 15 is 0 Å². The van der Waals surface area contributed by atoms with Gasteiger partial charge in [-0.2, -0.15) is 0 Å². The van der Waals surface area contributed by atoms with Crippen LogP contribution in [0.4, 0.5) is 5.82 Å². The first-order valence-corrected chi connectivity index (χ1v) is 5.58. The van der Waals surface area contributed by atoms with Gasteiger partial charge in [-0.1, -0.05) is 18.2 Å². The van der Waals surface area contributed by atoms with E-state index < -0.39 is 0 Å². The van der Waals surface area contributed by atoms with Crippen LogP contribution in [0.5, 0.6) is 0 Å². The molecule has 0 bridgehead atoms. The van der Waals surface area contributed by atoms with Crippen LogP contribution in [0, 0.1) is 0 Å². The maximum Gasteiger partial charge on any atom is 0.141 e. The van der Waals surface area contributed by atoms with Crippen molar-refractivity contribution in [2.45, 2.75) is 12.8 Å². The molecule has 1 aromatic heterocycles. The van der Waals surface area contributed by atoms with Crippen molar-refractivity contribution in [3.8, 4) is 11.1 Å². The Bertz CT molecular complexity index is 605. The van der Waals surface area contributed by atoms with Gasteiger partial charge in [0, 0.05) is 24.6 Å². The molecule has 0 saturated carbocycles. The predicted octanol–water partition coefficient (Wildman–Crippen LogP) is 2.00. The molecule has 0 radical (unpaired) electrons. The Hall–Kier alpha value is -2.16. The predicted molar refractivity (Wildman–Crippen MR) is 66.5 cm³/mol. The van der Waals surface area contributed by atoms with E-state index in [1.807, 2.05) is 30.3 Å². The number of anilines is 1. The average molecular weight is 224 g/mol. The van der Waals surface area contributed by atoms with Gasteiger partial charge in [0.15, 0.2) is 0 Å². The molecule has 3 nitrogen and oxygen atoms in total. The van der Waals surface area contributed by atoms with E-state index in [-0.39, 0.29) is 5.78 Å². The SMILES string of the molecule is Nc1ncccc1-c1ccc2c(c1)CC(=O)C2. The minimum absolute atomic E-state index is 0.288. The smallest absolute Gasteiger partial charge is 0.141 e. The molecule has 2 aromatic rings. The van der Waals surface area contributed by atoms with Crippen LogP contribution in [-0.4, -0.2) is 10.8 Å². The zero-order valence-corrected chi connectivity index (χ0v) is 9.31. The molecule has 0 fully saturated rings. The van der Waals surface area contributed by atoms with E-state index in [0.717, 1.165) is 22.3 Å². The Kier molecular flexibility index (Phi) is 2.18. The summed E-state index contributed by atoms with van der Waals surface area (Å²) in [4.78, 5) is 15.5. The number of ketones is 1. The number of pyridine rings is 1. The number of Topliss-reactive ketones (excluding diaryl/α,β-unsaturated/α-hetero) is 1. The van der Waals surface area contributed by atoms with Gasteiger partial charge in [-0.3, -0.25) is 4.79 Å². The second-order valence-electron chi connectivity index (χ2n) is 4.31. The third kappa shape index (κ3) is 1.69. The van der Waals surface area contributed by atoms with E-state index in [1.54, 1.807) is 6.20 Å². The Balaban J connectivity index is 2.09. The number of nitrogen functional groups attached to an aromatic ring is 1. The largest absolute Gasteiger partial charge is 0.383 e. The highest BCUT2D eigenvalue weighted by Crippen LogP contribution is 2.29. The highest BCUT2D eigenvalue weighted by atomic mass is 16.1. The summed E-state index contributed by atoms with van der Waals surface area (Å²) in [5, 5.41) is 0. The summed E-state index contributed by atoms with van der Waals surface area (Å²) in [6.45, 7) is 0. The zero-order chi connectivity index (χ0) is 11.8. The topological polar surface area (TPSA) is 56.0 Å². The highest BCUT2D eigenvalue weighted by Gasteiger charge is 2.18. The second kappa shape index (κ2) is 3.70. The van der Waals surface area contributed by atoms with Crippen molar-refractivity contribution in [3.05, 3.63) is 47.7 Å². The van der Waals surface area contributed by atoms with Crippen molar-refractivity contribution in [3.63, 3.8) is 0 Å². The fraction of sp³-hybridized carbons (Fsp3) is 0.143. The lowest BCUT2D eigenvalue weighted by atomic mass is 10.0. The molecule has 1 aliphatic carbocycles. The molecule has 0 aliphatic heterocycles. The molecule has 0 amide bonds. The van der Waals surface area contributed by atoms with Gasteiger partial charge in [0.1, 0.15) is 11.6 Å². The van der Waals surface area contributed by atoms with Gasteiger partial charge < -0.3 is 5.73 Å². The molecule has 17 heavy (non-hydrogen) atoms. The quantitative estimate of drug-likeness (QED) is 0.806. The van der Waals surface area contributed by atoms with E-state index in [4.69, 9.17) is 5.73 Å². The molecule has 1 aromatic carbocycles. The minimum atomic E-state index is 0.288. The first-order valence-electron chi connectivity index (χ1n) is 5.58. The fourth-order valence-corrected chi connectivity index (χ4v) is 2.28. The number of hydrogen-bond acceptors (Lipinski definition) is 3. The summed E-state index contributed by atoms with van der Waals surface area (Å²) < 4.78 is 0. The Morgan fingerprint density at radius 1 is 1.12 bits per heavy atom. The molecule has 2 N–H and O–H groups in total. The number of aromatic nitrogens is 1. The van der Waals surface area contributed by atoms with Crippen LogP contribution < -0.4 is 5.73 Å². The highest BCUT2D eigenvalue weighted by molar-refractivity contribution is 5.89. The van der Waals surface area contributed by atoms with Crippen molar-refractivity contribution in [2.24, 2.45) is 0 Å². The lowest BCUT2D eigenvalue weighted by Crippen LogP contribution is -1.94. The van der Waals surface area contributed by atoms with Crippen LogP contribution in [0.3, 0.4) is 0 Å². The first kappa shape index (κ1) is 10.0. The van der Waals surface area contributed by atoms with Crippen LogP contribution >= 0.6 is 0 Å². The normalized spacial score (nSPS) is 13.8. The molecule has 0 atom stereocenters. The van der Waals surface area contributed by atoms with Crippen molar-refractivity contribution in [2.75, 3.05) is 5.73 Å². The van der Waals surface area contributed by atoms with E-state index in [2.05, 4.69) is 4.98 Å². The lowest BCUT2D eigenvalue weighted by Gasteiger charge is -2.06. The van der Waals surface area contributed by atoms with Crippen molar-refractivity contribution < 1.29 is 4.79 Å². The third-order valence-electron chi connectivity index (χ3n) is 3.13. The Labute approximate surface area is 99.3 Å². The van der Waals surface area contributed by atoms with E-state index in [0.29, 0.717) is 18.7 Å². The van der Waals surface area contributed by atoms with Gasteiger partial charge in [0.25, 0.3) is 0 Å². The first-order chi connectivity index (χ1) is 8.24. The van der Waals surface area contributed by atoms with Gasteiger partial charge in [0.05, 0.1) is 0 Å². The van der Waals surface area contributed by atoms with Crippen molar-refractivity contribution in [1.29, 1.82) is 0 Å². The van der Waals surface area contributed by atoms with Gasteiger partial charge in [-0.15, -0.1) is 0 Å². The van der Waals surface area contributed by atoms with Crippen LogP contribution in [0.2, 0.25) is 0 Å². The lowest BCUT2D eigenvalue weighted by molar-refractivity contribution is -0.117. The van der Waals surface area contributed by atoms with E-state index in [9.17, 15) is 4.79 Å². The number of nitrogens with two attached hydrogens (primary N) is 1. The molecule has 1 heterocycles. The number of hydrogen-bond donors (Lipinski definition) is 1. The number of nitrogens with zero attached hydrogens (tertiary/aromatic N) is 1. The van der Waals surface area contributed by atoms with E-state index in [1.165, 1.54) is 0 Å². The standard InChI is InChI=1S/C14H12N2O/c15-14-13(2-1-5-16-14)10-4-3-9-7-12(17)8-11(9)6-10/h1-6H,7-8H2,(H2,15,16). The van der Waals surface area contributed by atoms with Crippen LogP contribution in [0.25, 0.3) is 11.1 Å². The molecule has 3 rings (SSSR count). The Morgan fingerprint density at radius 3 is 2.76 bits per heavy atom. The molecule has 84 valence electrons. The van der Waals surface area contributed by atoms with Crippen LogP contribution in [0.15, 0.2) is 36.5 Å². The number of rotatable bonds is 1. The summed E-state index contributed by atoms with van der Waals surface area (Å²) in [5.41, 5.74) is 10.1. The van der Waals surface area contributed by atoms with Gasteiger partial charge >= 0.3 is 0 Å². The summed E-state index contributed by atoms with van der Waals surface area (Å²) in [7, 11) is 0. The zero-order valence-electron chi connectivity index (χ0n) is 9.31. The fourth-order valence-electron chi connectivity index (χ4n) is 2.28. The Morgan fingerprint density at radius 2 is 1.94 bits per heavy atom. The number of carbonyl (C=O) groups is 1. The number of carbonyl (C=O) groups excluding carboxylic acids is 1. The molecule has 1 aliphatic rings. The minimum Gasteiger partial charge on any atom is -0.383 e. The summed E-state index contributed by atoms with van der Waals surface area (Å²) >= 11 is 0. The summed E-state index contributed by atoms with van der Waals surface area (Å²) in [6, 6.07) is 9.88. The molecule has 0 saturated heterocycles. The van der Waals surface area contributed by atoms with Crippen molar-refractivity contribution >= 4 is 11.6 Å². The second-order valence-corrected chi connectivity index (χ2v) is 4.31. The summed E-state index contributed by atoms with van der Waals surface area (Å²) in [5.74, 6) is 0.813. The third-order valence-corrected chi connectivity index (χ3v) is 3.13. The van der Waals surface area contributed by atoms with Gasteiger partial charge in [0.2, 0.25) is 0 Å². The maximum atomic E-state index is 11.4. The van der Waals surface area contributed by atoms with Gasteiger partial charge in [-0.05, 0) is 28.8 Å². The molecule has 0 unspecified atom stereocenters. The molecular weight excluding hydrogens is 212 g/mol. The molecule has 0 spiro atoms. The monoisotopic (exact) mass is 224 g/mol. The molecular formula is C14H12N2O. The maximum absolute atomic E-state index is 11.4. The van der Waals surface area contributed by atoms with Crippen LogP contribution in [0.1, 0.15) is 11.1 Å². The average Bonchev–Trinajstić information content (AvgIpc) is 2.68. The van der Waals surface area contributed by atoms with Crippen molar-refractivity contribution in [1.82, 2.24) is 4.98 Å². The number of benzene rings is 1. The van der Waals surface area contributed by atoms with Gasteiger partial charge in [-0.25, -0.2) is 4.98 Å². The number of fused-ring (bicyclic) bond motifs is 1. The van der Waals surface area contributed by atoms with Crippen LogP contribution in [-0.2, 0) is 17.6 Å².